The molecule has 3 aromatic rings. The van der Waals surface area contributed by atoms with Crippen LogP contribution in [-0.2, 0) is 10.2 Å². The molecule has 3 N–H and O–H groups in total. The molecule has 0 aliphatic carbocycles. The van der Waals surface area contributed by atoms with Gasteiger partial charge in [-0.25, -0.2) is 0 Å². The second-order valence-electron chi connectivity index (χ2n) is 8.15. The van der Waals surface area contributed by atoms with Crippen molar-refractivity contribution in [3.8, 4) is 0 Å². The van der Waals surface area contributed by atoms with Crippen LogP contribution in [0.15, 0.2) is 72.1 Å². The van der Waals surface area contributed by atoms with Crippen molar-refractivity contribution in [2.75, 3.05) is 5.32 Å². The van der Waals surface area contributed by atoms with Crippen LogP contribution in [-0.4, -0.2) is 17.7 Å². The minimum absolute atomic E-state index is 0.0191. The average Bonchev–Trinajstić information content (AvgIpc) is 3.30. The first kappa shape index (κ1) is 23.0. The van der Waals surface area contributed by atoms with Gasteiger partial charge in [0.05, 0.1) is 0 Å². The number of hydrogen-bond donors (Lipinski definition) is 3. The molecule has 1 heterocycles. The van der Waals surface area contributed by atoms with E-state index in [0.717, 1.165) is 10.4 Å². The van der Waals surface area contributed by atoms with Crippen molar-refractivity contribution in [2.45, 2.75) is 26.2 Å². The number of carbonyl (C=O) groups excluding carboxylic acids is 3. The van der Waals surface area contributed by atoms with Gasteiger partial charge in [-0.05, 0) is 64.9 Å². The summed E-state index contributed by atoms with van der Waals surface area (Å²) in [5.74, 6) is -1.13. The molecule has 0 aliphatic rings. The normalized spacial score (nSPS) is 11.2. The number of carbonyl (C=O) groups is 3. The maximum Gasteiger partial charge on any atom is 0.269 e. The maximum atomic E-state index is 12.5. The molecule has 7 heteroatoms. The van der Waals surface area contributed by atoms with Gasteiger partial charge in [0, 0.05) is 27.8 Å². The Morgan fingerprint density at radius 1 is 0.812 bits per heavy atom. The first-order valence-corrected chi connectivity index (χ1v) is 10.9. The average molecular weight is 448 g/mol. The fourth-order valence-electron chi connectivity index (χ4n) is 2.81. The SMILES string of the molecule is CC(C)(C)c1ccc(C(=O)Nc2ccc(C(=O)NNC(=O)/C=C/c3cccs3)cc2)cc1. The monoisotopic (exact) mass is 447 g/mol. The summed E-state index contributed by atoms with van der Waals surface area (Å²) in [4.78, 5) is 37.4. The highest BCUT2D eigenvalue weighted by molar-refractivity contribution is 7.10. The Kier molecular flexibility index (Phi) is 7.22. The highest BCUT2D eigenvalue weighted by atomic mass is 32.1. The van der Waals surface area contributed by atoms with E-state index >= 15 is 0 Å². The van der Waals surface area contributed by atoms with Crippen molar-refractivity contribution in [1.82, 2.24) is 10.9 Å². The lowest BCUT2D eigenvalue weighted by atomic mass is 9.87. The molecule has 0 bridgehead atoms. The second-order valence-corrected chi connectivity index (χ2v) is 9.13. The standard InChI is InChI=1S/C25H25N3O3S/c1-25(2,3)19-10-6-17(7-11-19)23(30)26-20-12-8-18(9-13-20)24(31)28-27-22(29)15-14-21-5-4-16-32-21/h4-16H,1-3H3,(H,26,30)(H,27,29)(H,28,31)/b15-14+. The predicted octanol–water partition coefficient (Wildman–Crippen LogP) is 4.77. The summed E-state index contributed by atoms with van der Waals surface area (Å²) in [7, 11) is 0. The Hall–Kier alpha value is -3.71. The summed E-state index contributed by atoms with van der Waals surface area (Å²) in [6.07, 6.45) is 3.01. The topological polar surface area (TPSA) is 87.3 Å². The molecule has 6 nitrogen and oxygen atoms in total. The molecule has 3 rings (SSSR count). The summed E-state index contributed by atoms with van der Waals surface area (Å²) in [6, 6.07) is 17.7. The van der Waals surface area contributed by atoms with E-state index in [4.69, 9.17) is 0 Å². The molecule has 32 heavy (non-hydrogen) atoms. The highest BCUT2D eigenvalue weighted by Gasteiger charge is 2.14. The maximum absolute atomic E-state index is 12.5. The van der Waals surface area contributed by atoms with E-state index in [0.29, 0.717) is 16.8 Å². The molecule has 1 aromatic heterocycles. The third-order valence-electron chi connectivity index (χ3n) is 4.66. The number of hydrogen-bond acceptors (Lipinski definition) is 4. The molecule has 0 aliphatic heterocycles. The van der Waals surface area contributed by atoms with Crippen LogP contribution in [0, 0.1) is 0 Å². The number of anilines is 1. The van der Waals surface area contributed by atoms with Crippen LogP contribution in [0.4, 0.5) is 5.69 Å². The summed E-state index contributed by atoms with van der Waals surface area (Å²) in [5.41, 5.74) is 7.33. The highest BCUT2D eigenvalue weighted by Crippen LogP contribution is 2.22. The lowest BCUT2D eigenvalue weighted by Gasteiger charge is -2.19. The van der Waals surface area contributed by atoms with Gasteiger partial charge in [-0.1, -0.05) is 39.0 Å². The first-order chi connectivity index (χ1) is 15.2. The van der Waals surface area contributed by atoms with Gasteiger partial charge in [0.15, 0.2) is 0 Å². The quantitative estimate of drug-likeness (QED) is 0.389. The van der Waals surface area contributed by atoms with Gasteiger partial charge in [0.2, 0.25) is 0 Å². The van der Waals surface area contributed by atoms with E-state index in [1.165, 1.54) is 17.4 Å². The number of rotatable bonds is 5. The van der Waals surface area contributed by atoms with Crippen molar-refractivity contribution in [1.29, 1.82) is 0 Å². The number of hydrazine groups is 1. The van der Waals surface area contributed by atoms with E-state index in [9.17, 15) is 14.4 Å². The number of benzene rings is 2. The molecule has 0 saturated heterocycles. The number of amides is 3. The third kappa shape index (κ3) is 6.39. The van der Waals surface area contributed by atoms with Crippen LogP contribution in [0.25, 0.3) is 6.08 Å². The van der Waals surface area contributed by atoms with Crippen molar-refractivity contribution in [3.05, 3.63) is 93.7 Å². The summed E-state index contributed by atoms with van der Waals surface area (Å²) >= 11 is 1.51. The van der Waals surface area contributed by atoms with Crippen molar-refractivity contribution in [2.24, 2.45) is 0 Å². The Morgan fingerprint density at radius 2 is 1.44 bits per heavy atom. The zero-order valence-corrected chi connectivity index (χ0v) is 19.0. The zero-order chi connectivity index (χ0) is 23.1. The van der Waals surface area contributed by atoms with Gasteiger partial charge in [-0.15, -0.1) is 11.3 Å². The van der Waals surface area contributed by atoms with E-state index in [1.54, 1.807) is 42.5 Å². The lowest BCUT2D eigenvalue weighted by Crippen LogP contribution is -2.40. The van der Waals surface area contributed by atoms with Gasteiger partial charge < -0.3 is 5.32 Å². The van der Waals surface area contributed by atoms with Crippen molar-refractivity contribution >= 4 is 40.8 Å². The molecule has 0 spiro atoms. The first-order valence-electron chi connectivity index (χ1n) is 10.1. The Morgan fingerprint density at radius 3 is 2.03 bits per heavy atom. The molecule has 0 fully saturated rings. The minimum Gasteiger partial charge on any atom is -0.322 e. The second kappa shape index (κ2) is 10.1. The van der Waals surface area contributed by atoms with Gasteiger partial charge in [-0.3, -0.25) is 25.2 Å². The molecule has 0 atom stereocenters. The fourth-order valence-corrected chi connectivity index (χ4v) is 3.42. The molecule has 0 radical (unpaired) electrons. The molecule has 0 saturated carbocycles. The summed E-state index contributed by atoms with van der Waals surface area (Å²) in [5, 5.41) is 4.73. The van der Waals surface area contributed by atoms with Crippen molar-refractivity contribution < 1.29 is 14.4 Å². The number of thiophene rings is 1. The third-order valence-corrected chi connectivity index (χ3v) is 5.50. The Balaban J connectivity index is 1.52. The fraction of sp³-hybridized carbons (Fsp3) is 0.160. The summed E-state index contributed by atoms with van der Waals surface area (Å²) in [6.45, 7) is 6.35. The van der Waals surface area contributed by atoms with E-state index in [2.05, 4.69) is 36.9 Å². The predicted molar refractivity (Wildman–Crippen MR) is 128 cm³/mol. The van der Waals surface area contributed by atoms with Crippen LogP contribution in [0.1, 0.15) is 51.9 Å². The summed E-state index contributed by atoms with van der Waals surface area (Å²) < 4.78 is 0. The van der Waals surface area contributed by atoms with Gasteiger partial charge >= 0.3 is 0 Å². The van der Waals surface area contributed by atoms with E-state index in [1.807, 2.05) is 29.6 Å². The van der Waals surface area contributed by atoms with E-state index < -0.39 is 11.8 Å². The minimum atomic E-state index is -0.460. The van der Waals surface area contributed by atoms with Crippen LogP contribution in [0.2, 0.25) is 0 Å². The Bertz CT molecular complexity index is 1110. The molecular weight excluding hydrogens is 422 g/mol. The van der Waals surface area contributed by atoms with Crippen molar-refractivity contribution in [3.63, 3.8) is 0 Å². The van der Waals surface area contributed by atoms with Gasteiger partial charge in [-0.2, -0.15) is 0 Å². The van der Waals surface area contributed by atoms with E-state index in [-0.39, 0.29) is 11.3 Å². The van der Waals surface area contributed by atoms with Crippen LogP contribution in [0.5, 0.6) is 0 Å². The van der Waals surface area contributed by atoms with Crippen LogP contribution < -0.4 is 16.2 Å². The lowest BCUT2D eigenvalue weighted by molar-refractivity contribution is -0.117. The molecule has 2 aromatic carbocycles. The zero-order valence-electron chi connectivity index (χ0n) is 18.1. The largest absolute Gasteiger partial charge is 0.322 e. The smallest absolute Gasteiger partial charge is 0.269 e. The number of nitrogens with one attached hydrogen (secondary N) is 3. The molecule has 0 unspecified atom stereocenters. The molecule has 3 amide bonds. The Labute approximate surface area is 191 Å². The molecule has 164 valence electrons. The van der Waals surface area contributed by atoms with Gasteiger partial charge in [0.1, 0.15) is 0 Å². The van der Waals surface area contributed by atoms with Gasteiger partial charge in [0.25, 0.3) is 17.7 Å². The van der Waals surface area contributed by atoms with Crippen LogP contribution >= 0.6 is 11.3 Å². The van der Waals surface area contributed by atoms with Crippen LogP contribution in [0.3, 0.4) is 0 Å². The molecular formula is C25H25N3O3S.